The number of nitrogens with two attached hydrogens (primary N) is 2. The van der Waals surface area contributed by atoms with Crippen molar-refractivity contribution in [3.8, 4) is 11.1 Å². The van der Waals surface area contributed by atoms with Crippen molar-refractivity contribution < 1.29 is 9.21 Å². The van der Waals surface area contributed by atoms with E-state index >= 15 is 0 Å². The first kappa shape index (κ1) is 12.4. The highest BCUT2D eigenvalue weighted by molar-refractivity contribution is 5.92. The van der Waals surface area contributed by atoms with Crippen LogP contribution in [0.3, 0.4) is 0 Å². The standard InChI is InChI=1S/C15H11N5O2/c16-14(21)11-6-18-13-4-2-9(7-20(11)13)8-1-3-12-10(5-8)19-15(17)22-12/h1-7H,(H2,16,21)(H2,17,19). The van der Waals surface area contributed by atoms with Gasteiger partial charge in [-0.2, -0.15) is 4.98 Å². The number of imidazole rings is 1. The third kappa shape index (κ3) is 1.80. The van der Waals surface area contributed by atoms with Gasteiger partial charge < -0.3 is 15.9 Å². The van der Waals surface area contributed by atoms with Crippen molar-refractivity contribution in [2.45, 2.75) is 0 Å². The fourth-order valence-electron chi connectivity index (χ4n) is 2.46. The molecule has 4 rings (SSSR count). The molecule has 3 heterocycles. The van der Waals surface area contributed by atoms with E-state index in [1.807, 2.05) is 30.5 Å². The maximum atomic E-state index is 11.4. The van der Waals surface area contributed by atoms with Gasteiger partial charge in [-0.15, -0.1) is 0 Å². The topological polar surface area (TPSA) is 112 Å². The van der Waals surface area contributed by atoms with Gasteiger partial charge in [-0.05, 0) is 35.4 Å². The Morgan fingerprint density at radius 3 is 2.82 bits per heavy atom. The normalized spacial score (nSPS) is 11.3. The molecular formula is C15H11N5O2. The first-order valence-electron chi connectivity index (χ1n) is 6.55. The lowest BCUT2D eigenvalue weighted by Gasteiger charge is -2.04. The summed E-state index contributed by atoms with van der Waals surface area (Å²) in [5, 5.41) is 0. The van der Waals surface area contributed by atoms with E-state index in [0.29, 0.717) is 22.4 Å². The van der Waals surface area contributed by atoms with Crippen molar-refractivity contribution >= 4 is 28.7 Å². The monoisotopic (exact) mass is 293 g/mol. The Morgan fingerprint density at radius 1 is 1.18 bits per heavy atom. The van der Waals surface area contributed by atoms with Gasteiger partial charge in [-0.25, -0.2) is 4.98 Å². The van der Waals surface area contributed by atoms with Crippen LogP contribution in [-0.4, -0.2) is 20.3 Å². The number of anilines is 1. The summed E-state index contributed by atoms with van der Waals surface area (Å²) in [4.78, 5) is 19.7. The van der Waals surface area contributed by atoms with Crippen LogP contribution >= 0.6 is 0 Å². The van der Waals surface area contributed by atoms with E-state index in [9.17, 15) is 4.79 Å². The first-order chi connectivity index (χ1) is 10.6. The van der Waals surface area contributed by atoms with Gasteiger partial charge in [0.05, 0.1) is 6.20 Å². The summed E-state index contributed by atoms with van der Waals surface area (Å²) in [5.74, 6) is -0.524. The summed E-state index contributed by atoms with van der Waals surface area (Å²) >= 11 is 0. The molecule has 7 heteroatoms. The highest BCUT2D eigenvalue weighted by Gasteiger charge is 2.10. The fourth-order valence-corrected chi connectivity index (χ4v) is 2.46. The smallest absolute Gasteiger partial charge is 0.292 e. The van der Waals surface area contributed by atoms with E-state index in [2.05, 4.69) is 9.97 Å². The number of hydrogen-bond donors (Lipinski definition) is 2. The Morgan fingerprint density at radius 2 is 2.00 bits per heavy atom. The van der Waals surface area contributed by atoms with E-state index in [1.165, 1.54) is 6.20 Å². The van der Waals surface area contributed by atoms with Crippen molar-refractivity contribution in [2.75, 3.05) is 5.73 Å². The number of benzene rings is 1. The highest BCUT2D eigenvalue weighted by Crippen LogP contribution is 2.26. The van der Waals surface area contributed by atoms with Crippen molar-refractivity contribution in [1.82, 2.24) is 14.4 Å². The maximum absolute atomic E-state index is 11.4. The molecule has 4 N–H and O–H groups in total. The Bertz CT molecular complexity index is 1030. The minimum Gasteiger partial charge on any atom is -0.424 e. The average Bonchev–Trinajstić information content (AvgIpc) is 3.07. The number of carbonyl (C=O) groups is 1. The predicted octanol–water partition coefficient (Wildman–Crippen LogP) is 1.82. The number of primary amides is 1. The lowest BCUT2D eigenvalue weighted by Crippen LogP contribution is -2.13. The second-order valence-electron chi connectivity index (χ2n) is 4.89. The molecule has 3 aromatic heterocycles. The maximum Gasteiger partial charge on any atom is 0.292 e. The summed E-state index contributed by atoms with van der Waals surface area (Å²) in [5.41, 5.74) is 15.0. The number of amides is 1. The van der Waals surface area contributed by atoms with Crippen LogP contribution in [0.4, 0.5) is 6.01 Å². The van der Waals surface area contributed by atoms with Crippen molar-refractivity contribution in [1.29, 1.82) is 0 Å². The zero-order chi connectivity index (χ0) is 15.3. The van der Waals surface area contributed by atoms with E-state index in [1.54, 1.807) is 10.5 Å². The molecule has 0 spiro atoms. The summed E-state index contributed by atoms with van der Waals surface area (Å²) in [6.45, 7) is 0. The lowest BCUT2D eigenvalue weighted by atomic mass is 10.1. The molecule has 4 aromatic rings. The summed E-state index contributed by atoms with van der Waals surface area (Å²) in [6, 6.07) is 9.45. The van der Waals surface area contributed by atoms with Gasteiger partial charge in [0, 0.05) is 6.20 Å². The van der Waals surface area contributed by atoms with E-state index in [-0.39, 0.29) is 6.01 Å². The zero-order valence-corrected chi connectivity index (χ0v) is 11.4. The Labute approximate surface area is 124 Å². The number of rotatable bonds is 2. The van der Waals surface area contributed by atoms with Crippen LogP contribution in [0.25, 0.3) is 27.9 Å². The van der Waals surface area contributed by atoms with Crippen molar-refractivity contribution in [3.63, 3.8) is 0 Å². The van der Waals surface area contributed by atoms with Crippen LogP contribution in [0.5, 0.6) is 0 Å². The first-order valence-corrected chi connectivity index (χ1v) is 6.55. The molecule has 0 bridgehead atoms. The van der Waals surface area contributed by atoms with Gasteiger partial charge in [0.25, 0.3) is 11.9 Å². The van der Waals surface area contributed by atoms with Crippen LogP contribution in [0.2, 0.25) is 0 Å². The van der Waals surface area contributed by atoms with Crippen LogP contribution in [-0.2, 0) is 0 Å². The number of carbonyl (C=O) groups excluding carboxylic acids is 1. The van der Waals surface area contributed by atoms with E-state index < -0.39 is 5.91 Å². The minimum atomic E-state index is -0.524. The predicted molar refractivity (Wildman–Crippen MR) is 81.1 cm³/mol. The van der Waals surface area contributed by atoms with Crippen LogP contribution in [0.1, 0.15) is 10.5 Å². The van der Waals surface area contributed by atoms with Crippen molar-refractivity contribution in [3.05, 3.63) is 48.4 Å². The minimum absolute atomic E-state index is 0.133. The number of oxazole rings is 1. The van der Waals surface area contributed by atoms with Gasteiger partial charge in [-0.1, -0.05) is 6.07 Å². The highest BCUT2D eigenvalue weighted by atomic mass is 16.4. The number of nitrogens with zero attached hydrogens (tertiary/aromatic N) is 3. The van der Waals surface area contributed by atoms with E-state index in [4.69, 9.17) is 15.9 Å². The largest absolute Gasteiger partial charge is 0.424 e. The number of hydrogen-bond acceptors (Lipinski definition) is 5. The zero-order valence-electron chi connectivity index (χ0n) is 11.4. The fraction of sp³-hybridized carbons (Fsp3) is 0. The molecular weight excluding hydrogens is 282 g/mol. The van der Waals surface area contributed by atoms with Gasteiger partial charge >= 0.3 is 0 Å². The molecule has 0 unspecified atom stereocenters. The van der Waals surface area contributed by atoms with Crippen molar-refractivity contribution in [2.24, 2.45) is 5.73 Å². The van der Waals surface area contributed by atoms with Gasteiger partial charge in [0.15, 0.2) is 5.58 Å². The molecule has 1 amide bonds. The van der Waals surface area contributed by atoms with Crippen LogP contribution in [0, 0.1) is 0 Å². The number of fused-ring (bicyclic) bond motifs is 2. The molecule has 0 saturated carbocycles. The Balaban J connectivity index is 1.91. The molecule has 108 valence electrons. The average molecular weight is 293 g/mol. The number of nitrogen functional groups attached to an aromatic ring is 1. The van der Waals surface area contributed by atoms with Crippen LogP contribution in [0.15, 0.2) is 47.1 Å². The molecule has 0 aliphatic carbocycles. The third-order valence-corrected chi connectivity index (χ3v) is 3.50. The lowest BCUT2D eigenvalue weighted by molar-refractivity contribution is 0.0995. The summed E-state index contributed by atoms with van der Waals surface area (Å²) in [6.07, 6.45) is 3.27. The van der Waals surface area contributed by atoms with Gasteiger partial charge in [-0.3, -0.25) is 9.20 Å². The van der Waals surface area contributed by atoms with Gasteiger partial charge in [0.2, 0.25) is 0 Å². The molecule has 0 saturated heterocycles. The Hall–Kier alpha value is -3.35. The Kier molecular flexibility index (Phi) is 2.43. The van der Waals surface area contributed by atoms with E-state index in [0.717, 1.165) is 11.1 Å². The molecule has 1 aromatic carbocycles. The third-order valence-electron chi connectivity index (χ3n) is 3.50. The van der Waals surface area contributed by atoms with Crippen LogP contribution < -0.4 is 11.5 Å². The quantitative estimate of drug-likeness (QED) is 0.585. The molecule has 7 nitrogen and oxygen atoms in total. The molecule has 0 radical (unpaired) electrons. The SMILES string of the molecule is NC(=O)c1cnc2ccc(-c3ccc4oc(N)nc4c3)cn12. The summed E-state index contributed by atoms with van der Waals surface area (Å²) < 4.78 is 6.92. The second kappa shape index (κ2) is 4.32. The molecule has 0 atom stereocenters. The second-order valence-corrected chi connectivity index (χ2v) is 4.89. The summed E-state index contributed by atoms with van der Waals surface area (Å²) in [7, 11) is 0. The number of aromatic nitrogens is 3. The molecule has 0 aliphatic heterocycles. The molecule has 0 fully saturated rings. The number of pyridine rings is 1. The van der Waals surface area contributed by atoms with Gasteiger partial charge in [0.1, 0.15) is 16.9 Å². The molecule has 22 heavy (non-hydrogen) atoms. The molecule has 0 aliphatic rings.